The Morgan fingerprint density at radius 1 is 1.17 bits per heavy atom. The lowest BCUT2D eigenvalue weighted by Crippen LogP contribution is -2.29. The van der Waals surface area contributed by atoms with Crippen LogP contribution in [0.3, 0.4) is 0 Å². The molecule has 0 unspecified atom stereocenters. The van der Waals surface area contributed by atoms with Crippen LogP contribution in [0.15, 0.2) is 72.0 Å². The number of benzene rings is 2. The van der Waals surface area contributed by atoms with Crippen LogP contribution in [0.2, 0.25) is 0 Å². The first-order chi connectivity index (χ1) is 14.7. The number of hydrogen-bond donors (Lipinski definition) is 3. The van der Waals surface area contributed by atoms with Crippen LogP contribution in [0, 0.1) is 5.92 Å². The summed E-state index contributed by atoms with van der Waals surface area (Å²) in [4.78, 5) is 20.3. The summed E-state index contributed by atoms with van der Waals surface area (Å²) in [6.45, 7) is 2.63. The number of fused-ring (bicyclic) bond motifs is 1. The maximum atomic E-state index is 12.1. The van der Waals surface area contributed by atoms with Crippen molar-refractivity contribution in [3.63, 3.8) is 0 Å². The summed E-state index contributed by atoms with van der Waals surface area (Å²) in [6.07, 6.45) is 7.94. The van der Waals surface area contributed by atoms with Gasteiger partial charge >= 0.3 is 0 Å². The highest BCUT2D eigenvalue weighted by Gasteiger charge is 2.29. The first-order valence-electron chi connectivity index (χ1n) is 10.6. The molecule has 0 aliphatic heterocycles. The molecular formula is C25H28N4O. The van der Waals surface area contributed by atoms with Gasteiger partial charge in [0, 0.05) is 24.2 Å². The summed E-state index contributed by atoms with van der Waals surface area (Å²) < 4.78 is 0. The fraction of sp³-hybridized carbons (Fsp3) is 0.280. The van der Waals surface area contributed by atoms with E-state index in [0.717, 1.165) is 41.6 Å². The molecule has 0 bridgehead atoms. The zero-order valence-electron chi connectivity index (χ0n) is 17.3. The molecule has 1 aromatic heterocycles. The van der Waals surface area contributed by atoms with Crippen molar-refractivity contribution in [3.05, 3.63) is 72.6 Å². The average Bonchev–Trinajstić information content (AvgIpc) is 3.43. The number of H-pyrrole nitrogens is 1. The Hall–Kier alpha value is -3.34. The molecule has 0 spiro atoms. The van der Waals surface area contributed by atoms with Crippen molar-refractivity contribution in [3.8, 4) is 11.1 Å². The topological polar surface area (TPSA) is 83.3 Å². The van der Waals surface area contributed by atoms with E-state index in [-0.39, 0.29) is 17.9 Å². The van der Waals surface area contributed by atoms with Crippen molar-refractivity contribution < 1.29 is 4.79 Å². The molecule has 1 heterocycles. The number of carbonyl (C=O) groups is 1. The van der Waals surface area contributed by atoms with E-state index in [1.807, 2.05) is 19.2 Å². The van der Waals surface area contributed by atoms with Crippen molar-refractivity contribution in [2.45, 2.75) is 32.2 Å². The molecule has 3 aromatic rings. The van der Waals surface area contributed by atoms with Crippen molar-refractivity contribution in [2.75, 3.05) is 6.54 Å². The number of nitrogens with one attached hydrogen (secondary N) is 2. The highest BCUT2D eigenvalue weighted by molar-refractivity contribution is 6.09. The van der Waals surface area contributed by atoms with Gasteiger partial charge in [-0.15, -0.1) is 0 Å². The molecule has 1 aliphatic carbocycles. The standard InChI is InChI=1S/C25H28N4O/c1-2-27-25(30)21-9-10-22(15-21)29-23(11-13-26)18-5-3-17(4-6-18)20-8-7-19-12-14-28-24(19)16-20/h3-8,11-14,16,21-22,28H,2,9-10,15,26H2,1H3,(H,27,30)/t21-,22+/m0/s1. The average molecular weight is 401 g/mol. The second-order valence-electron chi connectivity index (χ2n) is 7.79. The van der Waals surface area contributed by atoms with Gasteiger partial charge in [-0.3, -0.25) is 9.79 Å². The second kappa shape index (κ2) is 8.99. The molecule has 0 radical (unpaired) electrons. The van der Waals surface area contributed by atoms with E-state index in [0.29, 0.717) is 6.54 Å². The molecular weight excluding hydrogens is 372 g/mol. The van der Waals surface area contributed by atoms with E-state index in [1.54, 1.807) is 0 Å². The minimum absolute atomic E-state index is 0.0621. The molecule has 1 saturated carbocycles. The van der Waals surface area contributed by atoms with Gasteiger partial charge in [-0.1, -0.05) is 36.4 Å². The summed E-state index contributed by atoms with van der Waals surface area (Å²) in [5, 5.41) is 4.13. The molecule has 0 saturated heterocycles. The second-order valence-corrected chi connectivity index (χ2v) is 7.79. The van der Waals surface area contributed by atoms with Crippen LogP contribution in [0.25, 0.3) is 22.0 Å². The minimum Gasteiger partial charge on any atom is -0.405 e. The first-order valence-corrected chi connectivity index (χ1v) is 10.6. The van der Waals surface area contributed by atoms with E-state index < -0.39 is 0 Å². The lowest BCUT2D eigenvalue weighted by molar-refractivity contribution is -0.124. The van der Waals surface area contributed by atoms with Crippen molar-refractivity contribution >= 4 is 22.5 Å². The third kappa shape index (κ3) is 4.30. The van der Waals surface area contributed by atoms with Gasteiger partial charge in [-0.25, -0.2) is 0 Å². The van der Waals surface area contributed by atoms with E-state index in [1.165, 1.54) is 17.1 Å². The Morgan fingerprint density at radius 2 is 1.97 bits per heavy atom. The van der Waals surface area contributed by atoms with Gasteiger partial charge in [-0.05, 0) is 72.7 Å². The molecule has 2 aromatic carbocycles. The number of aromatic nitrogens is 1. The predicted molar refractivity (Wildman–Crippen MR) is 123 cm³/mol. The maximum absolute atomic E-state index is 12.1. The van der Waals surface area contributed by atoms with Gasteiger partial charge in [0.1, 0.15) is 0 Å². The van der Waals surface area contributed by atoms with Gasteiger partial charge in [0.15, 0.2) is 0 Å². The number of aliphatic imine (C=N–C) groups is 1. The molecule has 4 rings (SSSR count). The van der Waals surface area contributed by atoms with E-state index in [4.69, 9.17) is 10.7 Å². The van der Waals surface area contributed by atoms with Crippen molar-refractivity contribution in [2.24, 2.45) is 16.6 Å². The Bertz CT molecular complexity index is 1080. The predicted octanol–water partition coefficient (Wildman–Crippen LogP) is 4.40. The minimum atomic E-state index is 0.0621. The SMILES string of the molecule is CCNC(=O)[C@H]1CC[C@@H](N=C(C=CN)c2ccc(-c3ccc4cc[nH]c4c3)cc2)C1. The summed E-state index contributed by atoms with van der Waals surface area (Å²) in [5.74, 6) is 0.210. The van der Waals surface area contributed by atoms with Crippen LogP contribution < -0.4 is 11.1 Å². The van der Waals surface area contributed by atoms with Crippen LogP contribution in [0.1, 0.15) is 31.7 Å². The number of allylic oxidation sites excluding steroid dienone is 1. The number of nitrogens with zero attached hydrogens (tertiary/aromatic N) is 1. The highest BCUT2D eigenvalue weighted by Crippen LogP contribution is 2.29. The van der Waals surface area contributed by atoms with Crippen molar-refractivity contribution in [1.82, 2.24) is 10.3 Å². The smallest absolute Gasteiger partial charge is 0.223 e. The molecule has 1 aliphatic rings. The van der Waals surface area contributed by atoms with Crippen LogP contribution in [-0.4, -0.2) is 29.2 Å². The largest absolute Gasteiger partial charge is 0.405 e. The zero-order valence-corrected chi connectivity index (χ0v) is 17.3. The van der Waals surface area contributed by atoms with Gasteiger partial charge in [0.05, 0.1) is 11.8 Å². The van der Waals surface area contributed by atoms with E-state index in [2.05, 4.69) is 58.8 Å². The highest BCUT2D eigenvalue weighted by atomic mass is 16.1. The number of aromatic amines is 1. The summed E-state index contributed by atoms with van der Waals surface area (Å²) in [6, 6.07) is 17.1. The Kier molecular flexibility index (Phi) is 5.98. The van der Waals surface area contributed by atoms with E-state index in [9.17, 15) is 4.79 Å². The Labute approximate surface area is 177 Å². The fourth-order valence-corrected chi connectivity index (χ4v) is 4.19. The fourth-order valence-electron chi connectivity index (χ4n) is 4.19. The van der Waals surface area contributed by atoms with Gasteiger partial charge < -0.3 is 16.0 Å². The molecule has 2 atom stereocenters. The number of carbonyl (C=O) groups excluding carboxylic acids is 1. The van der Waals surface area contributed by atoms with E-state index >= 15 is 0 Å². The van der Waals surface area contributed by atoms with Crippen LogP contribution in [0.5, 0.6) is 0 Å². The molecule has 154 valence electrons. The molecule has 5 heteroatoms. The number of hydrogen-bond acceptors (Lipinski definition) is 3. The quantitative estimate of drug-likeness (QED) is 0.536. The van der Waals surface area contributed by atoms with Crippen LogP contribution in [0.4, 0.5) is 0 Å². The van der Waals surface area contributed by atoms with Gasteiger partial charge in [-0.2, -0.15) is 0 Å². The summed E-state index contributed by atoms with van der Waals surface area (Å²) in [5.41, 5.74) is 11.0. The number of nitrogens with two attached hydrogens (primary N) is 1. The van der Waals surface area contributed by atoms with Gasteiger partial charge in [0.2, 0.25) is 5.91 Å². The first kappa shape index (κ1) is 20.0. The van der Waals surface area contributed by atoms with Crippen molar-refractivity contribution in [1.29, 1.82) is 0 Å². The lowest BCUT2D eigenvalue weighted by atomic mass is 10.0. The molecule has 1 amide bonds. The molecule has 30 heavy (non-hydrogen) atoms. The third-order valence-corrected chi connectivity index (χ3v) is 5.77. The maximum Gasteiger partial charge on any atom is 0.223 e. The summed E-state index contributed by atoms with van der Waals surface area (Å²) >= 11 is 0. The lowest BCUT2D eigenvalue weighted by Gasteiger charge is -2.10. The Morgan fingerprint density at radius 3 is 2.73 bits per heavy atom. The molecule has 4 N–H and O–H groups in total. The number of rotatable bonds is 6. The molecule has 5 nitrogen and oxygen atoms in total. The monoisotopic (exact) mass is 400 g/mol. The van der Waals surface area contributed by atoms with Gasteiger partial charge in [0.25, 0.3) is 0 Å². The van der Waals surface area contributed by atoms with Crippen LogP contribution >= 0.6 is 0 Å². The van der Waals surface area contributed by atoms with Crippen LogP contribution in [-0.2, 0) is 4.79 Å². The zero-order chi connectivity index (χ0) is 20.9. The third-order valence-electron chi connectivity index (χ3n) is 5.77. The normalized spacial score (nSPS) is 19.6. The Balaban J connectivity index is 1.53. The number of amides is 1. The summed E-state index contributed by atoms with van der Waals surface area (Å²) in [7, 11) is 0. The molecule has 1 fully saturated rings.